The molecule has 4 N–H and O–H groups in total. The Morgan fingerprint density at radius 3 is 3.00 bits per heavy atom. The molecule has 1 aromatic rings. The van der Waals surface area contributed by atoms with E-state index in [0.717, 1.165) is 0 Å². The number of nitrogens with one attached hydrogen (secondary N) is 1. The Hall–Kier alpha value is -0.910. The number of aliphatic hydroxyl groups is 1. The molecule has 0 aliphatic carbocycles. The first-order valence-electron chi connectivity index (χ1n) is 5.13. The van der Waals surface area contributed by atoms with Crippen LogP contribution in [0.3, 0.4) is 0 Å². The van der Waals surface area contributed by atoms with Crippen molar-refractivity contribution in [2.75, 3.05) is 23.4 Å². The number of amides is 1. The highest BCUT2D eigenvalue weighted by atomic mass is 35.5. The van der Waals surface area contributed by atoms with Crippen LogP contribution in [0.15, 0.2) is 18.2 Å². The van der Waals surface area contributed by atoms with E-state index in [1.54, 1.807) is 25.1 Å². The van der Waals surface area contributed by atoms with E-state index in [9.17, 15) is 4.79 Å². The van der Waals surface area contributed by atoms with E-state index in [1.807, 2.05) is 0 Å². The lowest BCUT2D eigenvalue weighted by molar-refractivity contribution is -0.115. The molecule has 0 saturated heterocycles. The van der Waals surface area contributed by atoms with Gasteiger partial charge in [0.1, 0.15) is 0 Å². The monoisotopic (exact) mass is 274 g/mol. The molecule has 1 aromatic carbocycles. The summed E-state index contributed by atoms with van der Waals surface area (Å²) in [7, 11) is 0. The third-order valence-corrected chi connectivity index (χ3v) is 3.47. The van der Waals surface area contributed by atoms with Gasteiger partial charge in [-0.1, -0.05) is 11.6 Å². The van der Waals surface area contributed by atoms with Gasteiger partial charge in [-0.2, -0.15) is 0 Å². The molecule has 1 atom stereocenters. The topological polar surface area (TPSA) is 75.3 Å². The van der Waals surface area contributed by atoms with Crippen molar-refractivity contribution in [1.82, 2.24) is 0 Å². The largest absolute Gasteiger partial charge is 0.397 e. The van der Waals surface area contributed by atoms with Crippen LogP contribution in [0.25, 0.3) is 0 Å². The molecule has 0 bridgehead atoms. The second-order valence-corrected chi connectivity index (χ2v) is 5.34. The molecule has 4 nitrogen and oxygen atoms in total. The third-order valence-electron chi connectivity index (χ3n) is 2.10. The second-order valence-electron chi connectivity index (χ2n) is 3.46. The molecule has 17 heavy (non-hydrogen) atoms. The van der Waals surface area contributed by atoms with E-state index in [4.69, 9.17) is 22.4 Å². The Bertz CT molecular complexity index is 401. The van der Waals surface area contributed by atoms with Gasteiger partial charge >= 0.3 is 0 Å². The minimum Gasteiger partial charge on any atom is -0.397 e. The maximum Gasteiger partial charge on any atom is 0.237 e. The molecule has 1 amide bonds. The molecule has 1 unspecified atom stereocenters. The van der Waals surface area contributed by atoms with Crippen molar-refractivity contribution < 1.29 is 9.90 Å². The van der Waals surface area contributed by atoms with Crippen molar-refractivity contribution in [2.24, 2.45) is 0 Å². The van der Waals surface area contributed by atoms with Crippen LogP contribution in [0.1, 0.15) is 6.92 Å². The predicted molar refractivity (Wildman–Crippen MR) is 73.5 cm³/mol. The highest BCUT2D eigenvalue weighted by Gasteiger charge is 2.14. The third kappa shape index (κ3) is 4.46. The SMILES string of the molecule is CC(SCCO)C(=O)Nc1cc(Cl)ccc1N. The number of halogens is 1. The first-order chi connectivity index (χ1) is 8.04. The highest BCUT2D eigenvalue weighted by molar-refractivity contribution is 8.00. The Morgan fingerprint density at radius 1 is 1.65 bits per heavy atom. The average molecular weight is 275 g/mol. The fraction of sp³-hybridized carbons (Fsp3) is 0.364. The quantitative estimate of drug-likeness (QED) is 0.718. The van der Waals surface area contributed by atoms with Crippen molar-refractivity contribution in [2.45, 2.75) is 12.2 Å². The normalized spacial score (nSPS) is 12.2. The molecule has 0 radical (unpaired) electrons. The lowest BCUT2D eigenvalue weighted by Gasteiger charge is -2.13. The van der Waals surface area contributed by atoms with E-state index in [1.165, 1.54) is 11.8 Å². The summed E-state index contributed by atoms with van der Waals surface area (Å²) in [6.07, 6.45) is 0. The average Bonchev–Trinajstić information content (AvgIpc) is 2.30. The van der Waals surface area contributed by atoms with Crippen LogP contribution in [0.5, 0.6) is 0 Å². The summed E-state index contributed by atoms with van der Waals surface area (Å²) in [6, 6.07) is 4.91. The van der Waals surface area contributed by atoms with Crippen LogP contribution < -0.4 is 11.1 Å². The molecule has 0 fully saturated rings. The van der Waals surface area contributed by atoms with Crippen LogP contribution in [0, 0.1) is 0 Å². The summed E-state index contributed by atoms with van der Waals surface area (Å²) in [6.45, 7) is 1.83. The number of rotatable bonds is 5. The number of hydrogen-bond donors (Lipinski definition) is 3. The maximum atomic E-state index is 11.8. The molecule has 0 saturated carbocycles. The first kappa shape index (κ1) is 14.2. The molecule has 0 aromatic heterocycles. The zero-order chi connectivity index (χ0) is 12.8. The molecule has 0 aliphatic heterocycles. The van der Waals surface area contributed by atoms with Gasteiger partial charge in [-0.15, -0.1) is 11.8 Å². The van der Waals surface area contributed by atoms with E-state index < -0.39 is 0 Å². The number of nitrogens with two attached hydrogens (primary N) is 1. The highest BCUT2D eigenvalue weighted by Crippen LogP contribution is 2.24. The van der Waals surface area contributed by atoms with E-state index >= 15 is 0 Å². The molecular formula is C11H15ClN2O2S. The molecule has 0 spiro atoms. The van der Waals surface area contributed by atoms with Gasteiger partial charge in [0.2, 0.25) is 5.91 Å². The summed E-state index contributed by atoms with van der Waals surface area (Å²) < 4.78 is 0. The molecular weight excluding hydrogens is 260 g/mol. The number of aliphatic hydroxyl groups excluding tert-OH is 1. The Kier molecular flexibility index (Phi) is 5.61. The van der Waals surface area contributed by atoms with E-state index in [0.29, 0.717) is 22.2 Å². The summed E-state index contributed by atoms with van der Waals surface area (Å²) in [5, 5.41) is 11.7. The van der Waals surface area contributed by atoms with Crippen LogP contribution in [-0.4, -0.2) is 28.6 Å². The zero-order valence-electron chi connectivity index (χ0n) is 9.44. The van der Waals surface area contributed by atoms with Crippen molar-refractivity contribution in [3.63, 3.8) is 0 Å². The summed E-state index contributed by atoms with van der Waals surface area (Å²) in [5.41, 5.74) is 6.70. The Labute approximate surface area is 110 Å². The molecule has 1 rings (SSSR count). The lowest BCUT2D eigenvalue weighted by atomic mass is 10.2. The van der Waals surface area contributed by atoms with Crippen molar-refractivity contribution in [1.29, 1.82) is 0 Å². The second kappa shape index (κ2) is 6.74. The van der Waals surface area contributed by atoms with Gasteiger partial charge in [-0.05, 0) is 25.1 Å². The number of benzene rings is 1. The number of carbonyl (C=O) groups is 1. The van der Waals surface area contributed by atoms with Crippen molar-refractivity contribution in [3.8, 4) is 0 Å². The van der Waals surface area contributed by atoms with Gasteiger partial charge in [-0.3, -0.25) is 4.79 Å². The predicted octanol–water partition coefficient (Wildman–Crippen LogP) is 1.97. The molecule has 6 heteroatoms. The number of hydrogen-bond acceptors (Lipinski definition) is 4. The van der Waals surface area contributed by atoms with Crippen LogP contribution >= 0.6 is 23.4 Å². The maximum absolute atomic E-state index is 11.8. The minimum atomic E-state index is -0.250. The fourth-order valence-corrected chi connectivity index (χ4v) is 2.02. The summed E-state index contributed by atoms with van der Waals surface area (Å²) in [4.78, 5) is 11.8. The minimum absolute atomic E-state index is 0.0571. The number of anilines is 2. The summed E-state index contributed by atoms with van der Waals surface area (Å²) >= 11 is 7.20. The zero-order valence-corrected chi connectivity index (χ0v) is 11.0. The lowest BCUT2D eigenvalue weighted by Crippen LogP contribution is -2.23. The Morgan fingerprint density at radius 2 is 2.35 bits per heavy atom. The fourth-order valence-electron chi connectivity index (χ4n) is 1.18. The van der Waals surface area contributed by atoms with Crippen molar-refractivity contribution >= 4 is 40.6 Å². The van der Waals surface area contributed by atoms with Gasteiger partial charge in [0.25, 0.3) is 0 Å². The first-order valence-corrected chi connectivity index (χ1v) is 6.55. The number of thioether (sulfide) groups is 1. The standard InChI is InChI=1S/C11H15ClN2O2S/c1-7(17-5-4-15)11(16)14-10-6-8(12)2-3-9(10)13/h2-3,6-7,15H,4-5,13H2,1H3,(H,14,16). The van der Waals surface area contributed by atoms with Gasteiger partial charge in [0.05, 0.1) is 23.2 Å². The van der Waals surface area contributed by atoms with Crippen LogP contribution in [-0.2, 0) is 4.79 Å². The number of carbonyl (C=O) groups excluding carboxylic acids is 1. The van der Waals surface area contributed by atoms with Gasteiger partial charge in [-0.25, -0.2) is 0 Å². The van der Waals surface area contributed by atoms with Crippen molar-refractivity contribution in [3.05, 3.63) is 23.2 Å². The van der Waals surface area contributed by atoms with Gasteiger partial charge in [0.15, 0.2) is 0 Å². The molecule has 0 heterocycles. The smallest absolute Gasteiger partial charge is 0.237 e. The van der Waals surface area contributed by atoms with Crippen LogP contribution in [0.4, 0.5) is 11.4 Å². The van der Waals surface area contributed by atoms with Crippen LogP contribution in [0.2, 0.25) is 5.02 Å². The van der Waals surface area contributed by atoms with E-state index in [-0.39, 0.29) is 17.8 Å². The summed E-state index contributed by atoms with van der Waals surface area (Å²) in [5.74, 6) is 0.372. The van der Waals surface area contributed by atoms with Gasteiger partial charge in [0, 0.05) is 10.8 Å². The van der Waals surface area contributed by atoms with Gasteiger partial charge < -0.3 is 16.2 Å². The Balaban J connectivity index is 2.64. The number of nitrogen functional groups attached to an aromatic ring is 1. The molecule has 94 valence electrons. The van der Waals surface area contributed by atoms with E-state index in [2.05, 4.69) is 5.32 Å². The molecule has 0 aliphatic rings.